The maximum Gasteiger partial charge on any atom is 0.257 e. The fourth-order valence-electron chi connectivity index (χ4n) is 5.43. The van der Waals surface area contributed by atoms with Gasteiger partial charge in [0.1, 0.15) is 35.2 Å². The third-order valence-electron chi connectivity index (χ3n) is 7.26. The van der Waals surface area contributed by atoms with E-state index in [1.54, 1.807) is 22.9 Å². The Balaban J connectivity index is 1.58. The van der Waals surface area contributed by atoms with E-state index in [1.165, 1.54) is 6.07 Å². The molecular weight excluding hydrogens is 462 g/mol. The second-order valence-electron chi connectivity index (χ2n) is 9.18. The van der Waals surface area contributed by atoms with Crippen LogP contribution in [0, 0.1) is 23.0 Å². The molecule has 10 heteroatoms. The number of nitrogens with zero attached hydrogens (tertiary/aromatic N) is 8. The summed E-state index contributed by atoms with van der Waals surface area (Å²) in [4.78, 5) is 14.0. The minimum Gasteiger partial charge on any atom is -0.349 e. The molecule has 1 fully saturated rings. The molecule has 0 bridgehead atoms. The lowest BCUT2D eigenvalue weighted by molar-refractivity contribution is 0.0876. The number of hydrogen-bond acceptors (Lipinski definition) is 7. The van der Waals surface area contributed by atoms with Gasteiger partial charge in [0.2, 0.25) is 0 Å². The molecule has 3 aromatic heterocycles. The molecule has 4 aromatic rings. The van der Waals surface area contributed by atoms with E-state index in [-0.39, 0.29) is 18.1 Å². The number of benzene rings is 1. The number of pyridine rings is 1. The van der Waals surface area contributed by atoms with Crippen LogP contribution < -0.4 is 4.90 Å². The zero-order valence-corrected chi connectivity index (χ0v) is 20.6. The first-order valence-electron chi connectivity index (χ1n) is 12.4. The number of halogens is 2. The van der Waals surface area contributed by atoms with Crippen molar-refractivity contribution in [3.63, 3.8) is 0 Å². The molecule has 186 valence electrons. The van der Waals surface area contributed by atoms with Gasteiger partial charge in [-0.1, -0.05) is 26.8 Å². The maximum atomic E-state index is 14.8. The molecule has 0 radical (unpaired) electrons. The predicted octanol–water partition coefficient (Wildman–Crippen LogP) is 4.65. The van der Waals surface area contributed by atoms with Crippen molar-refractivity contribution in [3.05, 3.63) is 59.6 Å². The van der Waals surface area contributed by atoms with Crippen molar-refractivity contribution in [2.75, 3.05) is 18.0 Å². The lowest BCUT2D eigenvalue weighted by atomic mass is 9.94. The second-order valence-corrected chi connectivity index (χ2v) is 9.18. The molecule has 0 aliphatic carbocycles. The zero-order chi connectivity index (χ0) is 25.4. The van der Waals surface area contributed by atoms with E-state index < -0.39 is 11.6 Å². The van der Waals surface area contributed by atoms with Gasteiger partial charge in [-0.15, -0.1) is 10.2 Å². The Bertz CT molecular complexity index is 1450. The normalized spacial score (nSPS) is 19.6. The quantitative estimate of drug-likeness (QED) is 0.389. The van der Waals surface area contributed by atoms with Gasteiger partial charge in [-0.25, -0.2) is 13.8 Å². The highest BCUT2D eigenvalue weighted by atomic mass is 19.1. The van der Waals surface area contributed by atoms with Crippen molar-refractivity contribution in [2.45, 2.75) is 58.2 Å². The number of nitriles is 1. The van der Waals surface area contributed by atoms with Gasteiger partial charge in [0.25, 0.3) is 5.78 Å². The fraction of sp³-hybridized carbons (Fsp3) is 0.423. The van der Waals surface area contributed by atoms with Crippen molar-refractivity contribution in [1.82, 2.24) is 29.5 Å². The van der Waals surface area contributed by atoms with Crippen molar-refractivity contribution >= 4 is 22.6 Å². The van der Waals surface area contributed by atoms with E-state index in [2.05, 4.69) is 44.9 Å². The van der Waals surface area contributed by atoms with E-state index in [0.29, 0.717) is 47.9 Å². The molecule has 1 saturated heterocycles. The molecule has 0 saturated carbocycles. The maximum absolute atomic E-state index is 14.8. The summed E-state index contributed by atoms with van der Waals surface area (Å²) in [6.07, 6.45) is 3.97. The number of anilines is 1. The van der Waals surface area contributed by atoms with E-state index in [0.717, 1.165) is 24.4 Å². The van der Waals surface area contributed by atoms with Crippen molar-refractivity contribution in [1.29, 1.82) is 5.26 Å². The fourth-order valence-corrected chi connectivity index (χ4v) is 5.43. The van der Waals surface area contributed by atoms with Crippen LogP contribution in [-0.4, -0.2) is 54.6 Å². The average molecular weight is 491 g/mol. The molecule has 0 spiro atoms. The smallest absolute Gasteiger partial charge is 0.257 e. The van der Waals surface area contributed by atoms with Crippen LogP contribution in [0.2, 0.25) is 0 Å². The number of fused-ring (bicyclic) bond motifs is 3. The summed E-state index contributed by atoms with van der Waals surface area (Å²) in [5, 5.41) is 17.7. The molecule has 8 nitrogen and oxygen atoms in total. The molecular formula is C26H28F2N8. The molecule has 36 heavy (non-hydrogen) atoms. The van der Waals surface area contributed by atoms with Gasteiger partial charge in [0.05, 0.1) is 5.52 Å². The Labute approximate surface area is 208 Å². The summed E-state index contributed by atoms with van der Waals surface area (Å²) in [5.41, 5.74) is 2.24. The lowest BCUT2D eigenvalue weighted by Gasteiger charge is -2.49. The molecule has 1 aromatic carbocycles. The minimum atomic E-state index is -0.569. The summed E-state index contributed by atoms with van der Waals surface area (Å²) < 4.78 is 30.2. The lowest BCUT2D eigenvalue weighted by Crippen LogP contribution is -2.59. The summed E-state index contributed by atoms with van der Waals surface area (Å²) >= 11 is 0. The van der Waals surface area contributed by atoms with Crippen molar-refractivity contribution < 1.29 is 8.78 Å². The first-order chi connectivity index (χ1) is 17.5. The van der Waals surface area contributed by atoms with Crippen LogP contribution in [0.5, 0.6) is 0 Å². The highest BCUT2D eigenvalue weighted by Gasteiger charge is 2.38. The molecule has 1 aliphatic heterocycles. The molecule has 0 amide bonds. The van der Waals surface area contributed by atoms with Gasteiger partial charge in [0, 0.05) is 42.8 Å². The Morgan fingerprint density at radius 2 is 1.86 bits per heavy atom. The van der Waals surface area contributed by atoms with Crippen LogP contribution in [0.4, 0.5) is 14.6 Å². The van der Waals surface area contributed by atoms with Crippen LogP contribution >= 0.6 is 0 Å². The van der Waals surface area contributed by atoms with Gasteiger partial charge in [-0.05, 0) is 37.5 Å². The zero-order valence-electron chi connectivity index (χ0n) is 20.6. The Hall–Kier alpha value is -3.71. The highest BCUT2D eigenvalue weighted by molar-refractivity contribution is 5.88. The monoisotopic (exact) mass is 490 g/mol. The molecule has 1 aliphatic rings. The third kappa shape index (κ3) is 4.03. The van der Waals surface area contributed by atoms with Gasteiger partial charge in [-0.3, -0.25) is 9.30 Å². The van der Waals surface area contributed by atoms with E-state index in [4.69, 9.17) is 4.98 Å². The van der Waals surface area contributed by atoms with Gasteiger partial charge < -0.3 is 4.90 Å². The SMILES string of the molecule is CCC(c1ccc(F)cc1F)N1C[C@H](CC)N(c2nc3nncn3c3ccc(C#N)nc23)C[C@H]1CC. The van der Waals surface area contributed by atoms with Crippen LogP contribution in [0.1, 0.15) is 57.3 Å². The van der Waals surface area contributed by atoms with Crippen LogP contribution in [0.3, 0.4) is 0 Å². The van der Waals surface area contributed by atoms with Crippen LogP contribution in [0.15, 0.2) is 36.7 Å². The topological polar surface area (TPSA) is 86.2 Å². The Kier molecular flexibility index (Phi) is 6.49. The van der Waals surface area contributed by atoms with E-state index >= 15 is 0 Å². The van der Waals surface area contributed by atoms with E-state index in [9.17, 15) is 14.0 Å². The van der Waals surface area contributed by atoms with Gasteiger partial charge in [-0.2, -0.15) is 10.2 Å². The largest absolute Gasteiger partial charge is 0.349 e. The number of rotatable bonds is 6. The minimum absolute atomic E-state index is 0.0685. The summed E-state index contributed by atoms with van der Waals surface area (Å²) in [6.45, 7) is 7.61. The highest BCUT2D eigenvalue weighted by Crippen LogP contribution is 2.36. The third-order valence-corrected chi connectivity index (χ3v) is 7.26. The van der Waals surface area contributed by atoms with Gasteiger partial charge >= 0.3 is 0 Å². The Morgan fingerprint density at radius 3 is 2.56 bits per heavy atom. The predicted molar refractivity (Wildman–Crippen MR) is 132 cm³/mol. The number of piperazine rings is 1. The molecule has 1 unspecified atom stereocenters. The first-order valence-corrected chi connectivity index (χ1v) is 12.4. The number of hydrogen-bond donors (Lipinski definition) is 0. The summed E-state index contributed by atoms with van der Waals surface area (Å²) in [6, 6.07) is 9.53. The molecule has 0 N–H and O–H groups in total. The molecule has 5 rings (SSSR count). The van der Waals surface area contributed by atoms with Crippen molar-refractivity contribution in [3.8, 4) is 6.07 Å². The molecule has 4 heterocycles. The molecule has 3 atom stereocenters. The Morgan fingerprint density at radius 1 is 1.06 bits per heavy atom. The van der Waals surface area contributed by atoms with Crippen molar-refractivity contribution in [2.24, 2.45) is 0 Å². The van der Waals surface area contributed by atoms with E-state index in [1.807, 2.05) is 13.0 Å². The standard InChI is InChI=1S/C26H28F2N8/c1-4-18-14-35(19(5-2)13-34(18)22(6-3)20-9-7-16(27)11-21(20)28)25-24-23(10-8-17(12-29)31-24)36-15-30-33-26(36)32-25/h7-11,15,18-19,22H,4-6,13-14H2,1-3H3/t18-,19+,22?/m1/s1. The van der Waals surface area contributed by atoms with Crippen LogP contribution in [0.25, 0.3) is 16.8 Å². The van der Waals surface area contributed by atoms with Gasteiger partial charge in [0.15, 0.2) is 5.82 Å². The van der Waals surface area contributed by atoms with Crippen LogP contribution in [-0.2, 0) is 0 Å². The number of aromatic nitrogens is 5. The summed E-state index contributed by atoms with van der Waals surface area (Å²) in [5.74, 6) is 0.0634. The first kappa shape index (κ1) is 24.0. The average Bonchev–Trinajstić information content (AvgIpc) is 3.38. The second kappa shape index (κ2) is 9.74. The summed E-state index contributed by atoms with van der Waals surface area (Å²) in [7, 11) is 0.